The summed E-state index contributed by atoms with van der Waals surface area (Å²) in [5.41, 5.74) is 2.41. The van der Waals surface area contributed by atoms with Crippen LogP contribution in [0.5, 0.6) is 0 Å². The summed E-state index contributed by atoms with van der Waals surface area (Å²) in [4.78, 5) is 28.2. The quantitative estimate of drug-likeness (QED) is 0.558. The summed E-state index contributed by atoms with van der Waals surface area (Å²) < 4.78 is 0. The number of benzene rings is 1. The summed E-state index contributed by atoms with van der Waals surface area (Å²) in [6, 6.07) is 15.6. The topological polar surface area (TPSA) is 71.0 Å². The van der Waals surface area contributed by atoms with Crippen molar-refractivity contribution in [2.45, 2.75) is 12.5 Å². The molecule has 29 heavy (non-hydrogen) atoms. The highest BCUT2D eigenvalue weighted by Gasteiger charge is 2.28. The van der Waals surface area contributed by atoms with Gasteiger partial charge in [-0.3, -0.25) is 9.78 Å². The lowest BCUT2D eigenvalue weighted by molar-refractivity contribution is 0.0786. The second-order valence-electron chi connectivity index (χ2n) is 7.02. The van der Waals surface area contributed by atoms with Gasteiger partial charge in [0.2, 0.25) is 0 Å². The van der Waals surface area contributed by atoms with Crippen molar-refractivity contribution >= 4 is 34.0 Å². The molecule has 144 valence electrons. The van der Waals surface area contributed by atoms with Crippen LogP contribution in [0.2, 0.25) is 0 Å². The van der Waals surface area contributed by atoms with Gasteiger partial charge in [0.05, 0.1) is 5.52 Å². The number of likely N-dealkylation sites (tertiary alicyclic amines) is 1. The predicted octanol–water partition coefficient (Wildman–Crippen LogP) is 4.08. The Morgan fingerprint density at radius 2 is 2.00 bits per heavy atom. The van der Waals surface area contributed by atoms with Crippen LogP contribution in [0, 0.1) is 0 Å². The third-order valence-electron chi connectivity index (χ3n) is 5.08. The lowest BCUT2D eigenvalue weighted by Crippen LogP contribution is -2.32. The molecule has 1 aliphatic heterocycles. The maximum Gasteiger partial charge on any atom is 0.272 e. The number of hydrogen-bond donors (Lipinski definition) is 1. The van der Waals surface area contributed by atoms with E-state index in [2.05, 4.69) is 15.7 Å². The molecular formula is C22H19N5OS. The number of thiophene rings is 1. The Kier molecular flexibility index (Phi) is 4.65. The molecule has 0 radical (unpaired) electrons. The minimum atomic E-state index is -0.0265. The fourth-order valence-electron chi connectivity index (χ4n) is 3.61. The molecule has 1 fully saturated rings. The van der Waals surface area contributed by atoms with E-state index < -0.39 is 0 Å². The zero-order valence-corrected chi connectivity index (χ0v) is 16.5. The maximum absolute atomic E-state index is 12.7. The lowest BCUT2D eigenvalue weighted by atomic mass is 10.2. The van der Waals surface area contributed by atoms with Gasteiger partial charge in [-0.05, 0) is 42.1 Å². The number of anilines is 1. The molecule has 0 spiro atoms. The summed E-state index contributed by atoms with van der Waals surface area (Å²) in [6.45, 7) is 1.33. The van der Waals surface area contributed by atoms with Crippen molar-refractivity contribution in [2.75, 3.05) is 18.4 Å². The molecule has 1 amide bonds. The molecule has 1 aromatic carbocycles. The number of pyridine rings is 1. The molecule has 7 heteroatoms. The molecule has 0 aliphatic carbocycles. The summed E-state index contributed by atoms with van der Waals surface area (Å²) in [5.74, 6) is 1.50. The third-order valence-corrected chi connectivity index (χ3v) is 5.77. The van der Waals surface area contributed by atoms with Crippen LogP contribution in [0.1, 0.15) is 16.9 Å². The van der Waals surface area contributed by atoms with Crippen molar-refractivity contribution in [1.82, 2.24) is 19.9 Å². The largest absolute Gasteiger partial charge is 0.365 e. The lowest BCUT2D eigenvalue weighted by Gasteiger charge is -2.18. The first-order valence-corrected chi connectivity index (χ1v) is 10.5. The van der Waals surface area contributed by atoms with E-state index >= 15 is 0 Å². The van der Waals surface area contributed by atoms with Crippen LogP contribution in [0.25, 0.3) is 22.3 Å². The van der Waals surface area contributed by atoms with Crippen molar-refractivity contribution in [3.8, 4) is 11.4 Å². The van der Waals surface area contributed by atoms with Gasteiger partial charge in [-0.2, -0.15) is 11.3 Å². The Hall–Kier alpha value is -3.32. The van der Waals surface area contributed by atoms with Crippen molar-refractivity contribution in [2.24, 2.45) is 0 Å². The molecule has 1 unspecified atom stereocenters. The van der Waals surface area contributed by atoms with Crippen LogP contribution in [0.3, 0.4) is 0 Å². The molecule has 1 atom stereocenters. The van der Waals surface area contributed by atoms with Crippen LogP contribution < -0.4 is 5.32 Å². The third kappa shape index (κ3) is 3.56. The number of amides is 1. The molecular weight excluding hydrogens is 382 g/mol. The van der Waals surface area contributed by atoms with E-state index in [0.717, 1.165) is 28.7 Å². The Labute approximate surface area is 172 Å². The van der Waals surface area contributed by atoms with Crippen molar-refractivity contribution in [3.63, 3.8) is 0 Å². The second kappa shape index (κ2) is 7.60. The predicted molar refractivity (Wildman–Crippen MR) is 115 cm³/mol. The van der Waals surface area contributed by atoms with Crippen LogP contribution in [0.4, 0.5) is 5.82 Å². The highest BCUT2D eigenvalue weighted by molar-refractivity contribution is 7.08. The Morgan fingerprint density at radius 1 is 1.10 bits per heavy atom. The van der Waals surface area contributed by atoms with Crippen LogP contribution in [0.15, 0.2) is 65.5 Å². The minimum Gasteiger partial charge on any atom is -0.365 e. The van der Waals surface area contributed by atoms with Crippen LogP contribution >= 0.6 is 11.3 Å². The van der Waals surface area contributed by atoms with Gasteiger partial charge in [0.1, 0.15) is 11.5 Å². The second-order valence-corrected chi connectivity index (χ2v) is 7.80. The summed E-state index contributed by atoms with van der Waals surface area (Å²) in [7, 11) is 0. The van der Waals surface area contributed by atoms with E-state index in [1.807, 2.05) is 52.7 Å². The number of rotatable bonds is 4. The van der Waals surface area contributed by atoms with E-state index in [4.69, 9.17) is 9.97 Å². The standard InChI is InChI=1S/C22H19N5OS/c28-22(19-7-3-4-10-23-19)27-11-8-16(13-27)24-21-17-5-1-2-6-18(17)25-20(26-21)15-9-12-29-14-15/h1-7,9-10,12,14,16H,8,11,13H2,(H,24,25,26). The smallest absolute Gasteiger partial charge is 0.272 e. The van der Waals surface area contributed by atoms with Gasteiger partial charge in [0.25, 0.3) is 5.91 Å². The number of carbonyl (C=O) groups excluding carboxylic acids is 1. The van der Waals surface area contributed by atoms with E-state index in [1.165, 1.54) is 0 Å². The normalized spacial score (nSPS) is 16.3. The Bertz CT molecular complexity index is 1150. The van der Waals surface area contributed by atoms with Gasteiger partial charge in [0, 0.05) is 41.7 Å². The Morgan fingerprint density at radius 3 is 2.83 bits per heavy atom. The number of nitrogens with one attached hydrogen (secondary N) is 1. The SMILES string of the molecule is O=C(c1ccccn1)N1CCC(Nc2nc(-c3ccsc3)nc3ccccc23)C1. The molecule has 3 aromatic heterocycles. The molecule has 4 heterocycles. The van der Waals surface area contributed by atoms with Crippen LogP contribution in [-0.2, 0) is 0 Å². The van der Waals surface area contributed by atoms with E-state index in [-0.39, 0.29) is 11.9 Å². The van der Waals surface area contributed by atoms with E-state index in [1.54, 1.807) is 23.6 Å². The van der Waals surface area contributed by atoms with Gasteiger partial charge in [-0.15, -0.1) is 0 Å². The van der Waals surface area contributed by atoms with Gasteiger partial charge < -0.3 is 10.2 Å². The average molecular weight is 401 g/mol. The maximum atomic E-state index is 12.7. The van der Waals surface area contributed by atoms with E-state index in [9.17, 15) is 4.79 Å². The Balaban J connectivity index is 1.40. The molecule has 4 aromatic rings. The van der Waals surface area contributed by atoms with Crippen LogP contribution in [-0.4, -0.2) is 44.9 Å². The first kappa shape index (κ1) is 17.8. The fraction of sp³-hybridized carbons (Fsp3) is 0.182. The number of para-hydroxylation sites is 1. The monoisotopic (exact) mass is 401 g/mol. The van der Waals surface area contributed by atoms with Crippen molar-refractivity contribution in [1.29, 1.82) is 0 Å². The summed E-state index contributed by atoms with van der Waals surface area (Å²) >= 11 is 1.63. The molecule has 1 aliphatic rings. The summed E-state index contributed by atoms with van der Waals surface area (Å²) in [5, 5.41) is 8.63. The van der Waals surface area contributed by atoms with Gasteiger partial charge in [-0.1, -0.05) is 18.2 Å². The van der Waals surface area contributed by atoms with Crippen molar-refractivity contribution in [3.05, 3.63) is 71.2 Å². The first-order valence-electron chi connectivity index (χ1n) is 9.54. The average Bonchev–Trinajstić information content (AvgIpc) is 3.46. The summed E-state index contributed by atoms with van der Waals surface area (Å²) in [6.07, 6.45) is 2.52. The zero-order valence-electron chi connectivity index (χ0n) is 15.7. The number of nitrogens with zero attached hydrogens (tertiary/aromatic N) is 4. The highest BCUT2D eigenvalue weighted by atomic mass is 32.1. The van der Waals surface area contributed by atoms with Crippen molar-refractivity contribution < 1.29 is 4.79 Å². The zero-order chi connectivity index (χ0) is 19.6. The highest BCUT2D eigenvalue weighted by Crippen LogP contribution is 2.27. The number of hydrogen-bond acceptors (Lipinski definition) is 6. The van der Waals surface area contributed by atoms with E-state index in [0.29, 0.717) is 24.6 Å². The molecule has 1 N–H and O–H groups in total. The van der Waals surface area contributed by atoms with Gasteiger partial charge >= 0.3 is 0 Å². The van der Waals surface area contributed by atoms with Gasteiger partial charge in [-0.25, -0.2) is 9.97 Å². The molecule has 6 nitrogen and oxygen atoms in total. The first-order chi connectivity index (χ1) is 14.3. The molecule has 5 rings (SSSR count). The number of carbonyl (C=O) groups is 1. The molecule has 1 saturated heterocycles. The number of fused-ring (bicyclic) bond motifs is 1. The van der Waals surface area contributed by atoms with Gasteiger partial charge in [0.15, 0.2) is 5.82 Å². The molecule has 0 bridgehead atoms. The molecule has 0 saturated carbocycles. The minimum absolute atomic E-state index is 0.0265. The fourth-order valence-corrected chi connectivity index (χ4v) is 4.25. The number of aromatic nitrogens is 3.